The second-order valence-corrected chi connectivity index (χ2v) is 8.18. The van der Waals surface area contributed by atoms with E-state index in [1.807, 2.05) is 0 Å². The van der Waals surface area contributed by atoms with Gasteiger partial charge in [-0.2, -0.15) is 0 Å². The van der Waals surface area contributed by atoms with Crippen molar-refractivity contribution in [3.05, 3.63) is 10.1 Å². The summed E-state index contributed by atoms with van der Waals surface area (Å²) in [5.74, 6) is 0.782. The summed E-state index contributed by atoms with van der Waals surface area (Å²) < 4.78 is 0. The SMILES string of the molecule is C[C@H](N)C1CCCCC1.O=C(O)CC1(C[N+](=O)[O-])CC2CCCC21. The average molecular weight is 340 g/mol. The van der Waals surface area contributed by atoms with Crippen LogP contribution in [0, 0.1) is 33.3 Å². The van der Waals surface area contributed by atoms with Crippen molar-refractivity contribution >= 4 is 5.97 Å². The molecule has 0 radical (unpaired) electrons. The lowest BCUT2D eigenvalue weighted by Gasteiger charge is -2.49. The van der Waals surface area contributed by atoms with Crippen LogP contribution in [0.2, 0.25) is 0 Å². The number of hydrogen-bond acceptors (Lipinski definition) is 4. The fraction of sp³-hybridized carbons (Fsp3) is 0.944. The lowest BCUT2D eigenvalue weighted by molar-refractivity contribution is -0.506. The Morgan fingerprint density at radius 3 is 2.38 bits per heavy atom. The molecular formula is C18H32N2O4. The van der Waals surface area contributed by atoms with Gasteiger partial charge in [-0.1, -0.05) is 32.1 Å². The molecule has 0 saturated heterocycles. The molecule has 3 rings (SSSR count). The minimum atomic E-state index is -0.901. The van der Waals surface area contributed by atoms with Crippen molar-refractivity contribution in [2.75, 3.05) is 6.54 Å². The van der Waals surface area contributed by atoms with Crippen LogP contribution in [0.15, 0.2) is 0 Å². The van der Waals surface area contributed by atoms with Crippen LogP contribution in [0.5, 0.6) is 0 Å². The molecular weight excluding hydrogens is 308 g/mol. The minimum Gasteiger partial charge on any atom is -0.481 e. The van der Waals surface area contributed by atoms with Crippen molar-refractivity contribution in [3.8, 4) is 0 Å². The van der Waals surface area contributed by atoms with Crippen LogP contribution in [0.3, 0.4) is 0 Å². The van der Waals surface area contributed by atoms with Crippen molar-refractivity contribution < 1.29 is 14.8 Å². The normalized spacial score (nSPS) is 33.6. The fourth-order valence-corrected chi connectivity index (χ4v) is 5.26. The van der Waals surface area contributed by atoms with E-state index >= 15 is 0 Å². The summed E-state index contributed by atoms with van der Waals surface area (Å²) in [5, 5.41) is 19.4. The quantitative estimate of drug-likeness (QED) is 0.589. The molecule has 0 aromatic heterocycles. The lowest BCUT2D eigenvalue weighted by atomic mass is 9.53. The maximum absolute atomic E-state index is 10.8. The summed E-state index contributed by atoms with van der Waals surface area (Å²) >= 11 is 0. The number of carboxylic acids is 1. The molecule has 0 spiro atoms. The minimum absolute atomic E-state index is 0.0326. The van der Waals surface area contributed by atoms with Crippen molar-refractivity contribution in [2.45, 2.75) is 77.2 Å². The van der Waals surface area contributed by atoms with Gasteiger partial charge >= 0.3 is 5.97 Å². The number of carbonyl (C=O) groups is 1. The first kappa shape index (κ1) is 19.2. The van der Waals surface area contributed by atoms with E-state index in [4.69, 9.17) is 10.8 Å². The van der Waals surface area contributed by atoms with Crippen molar-refractivity contribution in [3.63, 3.8) is 0 Å². The lowest BCUT2D eigenvalue weighted by Crippen LogP contribution is -2.50. The molecule has 6 heteroatoms. The molecule has 3 aliphatic rings. The molecule has 138 valence electrons. The first-order valence-electron chi connectivity index (χ1n) is 9.43. The van der Waals surface area contributed by atoms with Gasteiger partial charge in [0.2, 0.25) is 6.54 Å². The zero-order valence-electron chi connectivity index (χ0n) is 14.8. The van der Waals surface area contributed by atoms with Crippen LogP contribution in [0.1, 0.15) is 71.1 Å². The van der Waals surface area contributed by atoms with Gasteiger partial charge in [0, 0.05) is 16.4 Å². The Balaban J connectivity index is 0.000000198. The van der Waals surface area contributed by atoms with Gasteiger partial charge in [-0.15, -0.1) is 0 Å². The first-order chi connectivity index (χ1) is 11.3. The topological polar surface area (TPSA) is 106 Å². The van der Waals surface area contributed by atoms with E-state index in [2.05, 4.69) is 6.92 Å². The first-order valence-corrected chi connectivity index (χ1v) is 9.43. The highest BCUT2D eigenvalue weighted by atomic mass is 16.6. The molecule has 24 heavy (non-hydrogen) atoms. The number of fused-ring (bicyclic) bond motifs is 1. The maximum Gasteiger partial charge on any atom is 0.304 e. The van der Waals surface area contributed by atoms with Gasteiger partial charge in [0.1, 0.15) is 0 Å². The Bertz CT molecular complexity index is 430. The van der Waals surface area contributed by atoms with Gasteiger partial charge in [0.15, 0.2) is 0 Å². The van der Waals surface area contributed by atoms with Crippen molar-refractivity contribution in [1.29, 1.82) is 0 Å². The van der Waals surface area contributed by atoms with E-state index in [1.54, 1.807) is 0 Å². The van der Waals surface area contributed by atoms with Gasteiger partial charge in [-0.25, -0.2) is 0 Å². The highest BCUT2D eigenvalue weighted by molar-refractivity contribution is 5.68. The Kier molecular flexibility index (Phi) is 6.61. The molecule has 3 fully saturated rings. The molecule has 3 unspecified atom stereocenters. The Morgan fingerprint density at radius 1 is 1.25 bits per heavy atom. The molecule has 0 amide bonds. The Labute approximate surface area is 144 Å². The third kappa shape index (κ3) is 4.68. The third-order valence-corrected chi connectivity index (χ3v) is 6.46. The van der Waals surface area contributed by atoms with Crippen molar-refractivity contribution in [1.82, 2.24) is 0 Å². The van der Waals surface area contributed by atoms with E-state index in [9.17, 15) is 14.9 Å². The highest BCUT2D eigenvalue weighted by Gasteiger charge is 2.58. The summed E-state index contributed by atoms with van der Waals surface area (Å²) in [6, 6.07) is 0.435. The molecule has 3 aliphatic carbocycles. The third-order valence-electron chi connectivity index (χ3n) is 6.46. The number of nitrogens with zero attached hydrogens (tertiary/aromatic N) is 1. The van der Waals surface area contributed by atoms with Gasteiger partial charge in [0.25, 0.3) is 0 Å². The van der Waals surface area contributed by atoms with Gasteiger partial charge < -0.3 is 10.8 Å². The predicted molar refractivity (Wildman–Crippen MR) is 92.2 cm³/mol. The molecule has 3 N–H and O–H groups in total. The second-order valence-electron chi connectivity index (χ2n) is 8.18. The Hall–Kier alpha value is -1.17. The summed E-state index contributed by atoms with van der Waals surface area (Å²) in [6.07, 6.45) is 10.9. The van der Waals surface area contributed by atoms with Gasteiger partial charge in [0.05, 0.1) is 6.42 Å². The molecule has 0 aliphatic heterocycles. The average Bonchev–Trinajstić information content (AvgIpc) is 2.90. The Morgan fingerprint density at radius 2 is 1.92 bits per heavy atom. The van der Waals surface area contributed by atoms with Gasteiger partial charge in [-0.3, -0.25) is 14.9 Å². The number of rotatable bonds is 5. The molecule has 0 heterocycles. The van der Waals surface area contributed by atoms with Gasteiger partial charge in [-0.05, 0) is 50.4 Å². The monoisotopic (exact) mass is 340 g/mol. The smallest absolute Gasteiger partial charge is 0.304 e. The van der Waals surface area contributed by atoms with Crippen molar-refractivity contribution in [2.24, 2.45) is 28.9 Å². The summed E-state index contributed by atoms with van der Waals surface area (Å²) in [6.45, 7) is 1.97. The number of hydrogen-bond donors (Lipinski definition) is 2. The summed E-state index contributed by atoms with van der Waals surface area (Å²) in [7, 11) is 0. The van der Waals surface area contributed by atoms with E-state index in [1.165, 1.54) is 32.1 Å². The molecule has 0 aromatic carbocycles. The number of nitro groups is 1. The van der Waals surface area contributed by atoms with Crippen LogP contribution in [-0.4, -0.2) is 28.6 Å². The van der Waals surface area contributed by atoms with Crippen LogP contribution in [0.25, 0.3) is 0 Å². The molecule has 6 nitrogen and oxygen atoms in total. The molecule has 0 aromatic rings. The van der Waals surface area contributed by atoms with Crippen LogP contribution in [-0.2, 0) is 4.79 Å². The molecule has 3 saturated carbocycles. The van der Waals surface area contributed by atoms with E-state index in [-0.39, 0.29) is 17.9 Å². The zero-order valence-corrected chi connectivity index (χ0v) is 14.8. The van der Waals surface area contributed by atoms with Crippen LogP contribution < -0.4 is 5.73 Å². The maximum atomic E-state index is 10.8. The van der Waals surface area contributed by atoms with Crippen LogP contribution >= 0.6 is 0 Å². The molecule has 0 bridgehead atoms. The largest absolute Gasteiger partial charge is 0.481 e. The predicted octanol–water partition coefficient (Wildman–Crippen LogP) is 3.46. The van der Waals surface area contributed by atoms with E-state index in [0.29, 0.717) is 17.9 Å². The second kappa shape index (κ2) is 8.28. The number of aliphatic carboxylic acids is 1. The van der Waals surface area contributed by atoms with E-state index < -0.39 is 11.4 Å². The zero-order chi connectivity index (χ0) is 17.7. The highest BCUT2D eigenvalue weighted by Crippen LogP contribution is 2.60. The molecule has 4 atom stereocenters. The summed E-state index contributed by atoms with van der Waals surface area (Å²) in [4.78, 5) is 21.0. The van der Waals surface area contributed by atoms with E-state index in [0.717, 1.165) is 31.6 Å². The standard InChI is InChI=1S/C10H15NO4.C8H17N/c12-9(13)5-10(6-11(14)15)4-7-2-1-3-8(7)10;1-7(9)8-5-3-2-4-6-8/h7-8H,1-6H2,(H,12,13);7-8H,2-6,9H2,1H3/t;7-/m.0/s1. The number of nitrogens with two attached hydrogens (primary N) is 1. The number of carboxylic acid groups (broad SMARTS) is 1. The summed E-state index contributed by atoms with van der Waals surface area (Å²) in [5.41, 5.74) is 5.24. The van der Waals surface area contributed by atoms with Crippen LogP contribution in [0.4, 0.5) is 0 Å². The fourth-order valence-electron chi connectivity index (χ4n) is 5.26.